The predicted molar refractivity (Wildman–Crippen MR) is 91.7 cm³/mol. The Morgan fingerprint density at radius 3 is 2.57 bits per heavy atom. The van der Waals surface area contributed by atoms with Crippen LogP contribution in [0.5, 0.6) is 0 Å². The fourth-order valence-electron chi connectivity index (χ4n) is 2.34. The van der Waals surface area contributed by atoms with Crippen LogP contribution in [0.25, 0.3) is 0 Å². The summed E-state index contributed by atoms with van der Waals surface area (Å²) in [5.41, 5.74) is -1.31. The fraction of sp³-hybridized carbons (Fsp3) is 0.200. The van der Waals surface area contributed by atoms with Gasteiger partial charge in [-0.05, 0) is 17.7 Å². The highest BCUT2D eigenvalue weighted by Gasteiger charge is 2.39. The Kier molecular flexibility index (Phi) is 5.31. The maximum Gasteiger partial charge on any atom is 0.436 e. The molecule has 0 unspecified atom stereocenters. The number of benzene rings is 1. The lowest BCUT2D eigenvalue weighted by Crippen LogP contribution is -2.17. The Bertz CT molecular complexity index is 1050. The number of rotatable bonds is 4. The molecule has 2 heterocycles. The number of anilines is 1. The lowest BCUT2D eigenvalue weighted by Gasteiger charge is -2.04. The molecule has 0 saturated carbocycles. The molecule has 7 nitrogen and oxygen atoms in total. The van der Waals surface area contributed by atoms with E-state index < -0.39 is 34.3 Å². The average molecular weight is 437 g/mol. The molecule has 1 N–H and O–H groups in total. The first-order valence-corrected chi connectivity index (χ1v) is 8.26. The van der Waals surface area contributed by atoms with Crippen molar-refractivity contribution >= 4 is 35.1 Å². The van der Waals surface area contributed by atoms with E-state index in [-0.39, 0.29) is 17.5 Å². The van der Waals surface area contributed by atoms with Crippen molar-refractivity contribution in [3.63, 3.8) is 0 Å². The van der Waals surface area contributed by atoms with Gasteiger partial charge < -0.3 is 0 Å². The number of aryl methyl sites for hydroxylation is 1. The van der Waals surface area contributed by atoms with Gasteiger partial charge >= 0.3 is 6.18 Å². The highest BCUT2D eigenvalue weighted by Crippen LogP contribution is 2.35. The Morgan fingerprint density at radius 2 is 1.96 bits per heavy atom. The van der Waals surface area contributed by atoms with Crippen LogP contribution >= 0.6 is 23.2 Å². The summed E-state index contributed by atoms with van der Waals surface area (Å²) in [5, 5.41) is 8.81. The van der Waals surface area contributed by atoms with Crippen LogP contribution in [0.15, 0.2) is 24.5 Å². The van der Waals surface area contributed by atoms with E-state index in [1.165, 1.54) is 23.1 Å². The van der Waals surface area contributed by atoms with E-state index >= 15 is 0 Å². The average Bonchev–Trinajstić information content (AvgIpc) is 3.13. The molecule has 3 rings (SSSR count). The van der Waals surface area contributed by atoms with Crippen molar-refractivity contribution in [2.45, 2.75) is 12.7 Å². The molecule has 0 bridgehead atoms. The molecule has 0 aliphatic rings. The number of halogens is 6. The molecular weight excluding hydrogens is 427 g/mol. The molecular formula is C15H10Cl2F4N6O. The summed E-state index contributed by atoms with van der Waals surface area (Å²) in [5.74, 6) is -1.63. The van der Waals surface area contributed by atoms with Crippen molar-refractivity contribution in [3.05, 3.63) is 57.3 Å². The summed E-state index contributed by atoms with van der Waals surface area (Å²) in [6, 6.07) is 3.83. The Hall–Kier alpha value is -2.66. The normalized spacial score (nSPS) is 11.7. The van der Waals surface area contributed by atoms with Crippen molar-refractivity contribution < 1.29 is 22.4 Å². The van der Waals surface area contributed by atoms with Gasteiger partial charge in [-0.3, -0.25) is 14.8 Å². The molecule has 1 aromatic carbocycles. The molecule has 0 aliphatic heterocycles. The van der Waals surface area contributed by atoms with Gasteiger partial charge in [0, 0.05) is 12.1 Å². The first-order chi connectivity index (χ1) is 13.1. The minimum atomic E-state index is -4.80. The third-order valence-electron chi connectivity index (χ3n) is 3.58. The SMILES string of the molecule is Cn1nc(C(F)(F)F)c(Cl)c1C(=O)Nc1ncn(Cc2ccc(F)cc2Cl)n1. The number of amides is 1. The molecule has 0 saturated heterocycles. The first kappa shape index (κ1) is 20.1. The quantitative estimate of drug-likeness (QED) is 0.631. The van der Waals surface area contributed by atoms with Crippen molar-refractivity contribution in [1.29, 1.82) is 0 Å². The largest absolute Gasteiger partial charge is 0.436 e. The van der Waals surface area contributed by atoms with Gasteiger partial charge in [-0.1, -0.05) is 29.3 Å². The fourth-order valence-corrected chi connectivity index (χ4v) is 2.92. The topological polar surface area (TPSA) is 77.6 Å². The second-order valence-corrected chi connectivity index (χ2v) is 6.37. The first-order valence-electron chi connectivity index (χ1n) is 7.50. The van der Waals surface area contributed by atoms with Crippen LogP contribution in [0, 0.1) is 5.82 Å². The summed E-state index contributed by atoms with van der Waals surface area (Å²) in [6.07, 6.45) is -3.54. The Balaban J connectivity index is 1.77. The Morgan fingerprint density at radius 1 is 1.25 bits per heavy atom. The van der Waals surface area contributed by atoms with Crippen LogP contribution in [-0.2, 0) is 19.8 Å². The number of hydrogen-bond acceptors (Lipinski definition) is 4. The van der Waals surface area contributed by atoms with Crippen molar-refractivity contribution in [3.8, 4) is 0 Å². The summed E-state index contributed by atoms with van der Waals surface area (Å²) >= 11 is 11.6. The van der Waals surface area contributed by atoms with Gasteiger partial charge in [0.05, 0.1) is 6.54 Å². The smallest absolute Gasteiger partial charge is 0.288 e. The molecule has 3 aromatic rings. The van der Waals surface area contributed by atoms with Crippen LogP contribution in [0.3, 0.4) is 0 Å². The van der Waals surface area contributed by atoms with Crippen LogP contribution < -0.4 is 5.32 Å². The third-order valence-corrected chi connectivity index (χ3v) is 4.29. The molecule has 13 heteroatoms. The van der Waals surface area contributed by atoms with Crippen LogP contribution in [-0.4, -0.2) is 30.5 Å². The van der Waals surface area contributed by atoms with Gasteiger partial charge in [0.1, 0.15) is 22.9 Å². The van der Waals surface area contributed by atoms with E-state index in [1.807, 2.05) is 0 Å². The number of nitrogens with one attached hydrogen (secondary N) is 1. The van der Waals surface area contributed by atoms with Gasteiger partial charge in [-0.15, -0.1) is 5.10 Å². The van der Waals surface area contributed by atoms with Crippen LogP contribution in [0.4, 0.5) is 23.5 Å². The lowest BCUT2D eigenvalue weighted by molar-refractivity contribution is -0.141. The van der Waals surface area contributed by atoms with E-state index in [0.717, 1.165) is 17.8 Å². The number of alkyl halides is 3. The molecule has 2 aromatic heterocycles. The minimum absolute atomic E-state index is 0.132. The lowest BCUT2D eigenvalue weighted by atomic mass is 10.2. The maximum absolute atomic E-state index is 13.1. The summed E-state index contributed by atoms with van der Waals surface area (Å²) in [6.45, 7) is 0.132. The second-order valence-electron chi connectivity index (χ2n) is 5.59. The molecule has 0 aliphatic carbocycles. The molecule has 0 spiro atoms. The zero-order valence-corrected chi connectivity index (χ0v) is 15.4. The molecule has 0 radical (unpaired) electrons. The highest BCUT2D eigenvalue weighted by atomic mass is 35.5. The monoisotopic (exact) mass is 436 g/mol. The number of nitrogens with zero attached hydrogens (tertiary/aromatic N) is 5. The molecule has 0 atom stereocenters. The zero-order valence-electron chi connectivity index (χ0n) is 13.9. The van der Waals surface area contributed by atoms with Crippen LogP contribution in [0.1, 0.15) is 21.7 Å². The van der Waals surface area contributed by atoms with E-state index in [4.69, 9.17) is 23.2 Å². The molecule has 0 fully saturated rings. The van der Waals surface area contributed by atoms with E-state index in [9.17, 15) is 22.4 Å². The Labute approximate surface area is 164 Å². The maximum atomic E-state index is 13.1. The van der Waals surface area contributed by atoms with Crippen molar-refractivity contribution in [1.82, 2.24) is 24.5 Å². The summed E-state index contributed by atoms with van der Waals surface area (Å²) < 4.78 is 53.6. The number of aromatic nitrogens is 5. The molecule has 1 amide bonds. The second kappa shape index (κ2) is 7.40. The summed E-state index contributed by atoms with van der Waals surface area (Å²) in [4.78, 5) is 16.1. The van der Waals surface area contributed by atoms with Gasteiger partial charge in [0.15, 0.2) is 5.69 Å². The molecule has 148 valence electrons. The number of carbonyl (C=O) groups is 1. The highest BCUT2D eigenvalue weighted by molar-refractivity contribution is 6.34. The van der Waals surface area contributed by atoms with Crippen LogP contribution in [0.2, 0.25) is 10.0 Å². The predicted octanol–water partition coefficient (Wildman–Crippen LogP) is 3.78. The standard InChI is InChI=1S/C15H10Cl2F4N6O/c1-26-11(10(17)12(24-26)15(19,20)21)13(28)23-14-22-6-27(25-14)5-7-2-3-8(18)4-9(7)16/h2-4,6H,5H2,1H3,(H,23,25,28). The van der Waals surface area contributed by atoms with Gasteiger partial charge in [0.2, 0.25) is 5.95 Å². The van der Waals surface area contributed by atoms with E-state index in [1.54, 1.807) is 0 Å². The minimum Gasteiger partial charge on any atom is -0.288 e. The zero-order chi connectivity index (χ0) is 20.6. The number of hydrogen-bond donors (Lipinski definition) is 1. The van der Waals surface area contributed by atoms with Gasteiger partial charge in [-0.2, -0.15) is 18.3 Å². The molecule has 28 heavy (non-hydrogen) atoms. The van der Waals surface area contributed by atoms with Crippen molar-refractivity contribution in [2.75, 3.05) is 5.32 Å². The van der Waals surface area contributed by atoms with Gasteiger partial charge in [0.25, 0.3) is 5.91 Å². The van der Waals surface area contributed by atoms with Crippen molar-refractivity contribution in [2.24, 2.45) is 7.05 Å². The van der Waals surface area contributed by atoms with Gasteiger partial charge in [-0.25, -0.2) is 14.1 Å². The van der Waals surface area contributed by atoms with E-state index in [0.29, 0.717) is 5.56 Å². The number of carbonyl (C=O) groups excluding carboxylic acids is 1. The summed E-state index contributed by atoms with van der Waals surface area (Å²) in [7, 11) is 1.15. The van der Waals surface area contributed by atoms with E-state index in [2.05, 4.69) is 20.5 Å². The third kappa shape index (κ3) is 4.09.